The molecule has 1 heteroatoms. The van der Waals surface area contributed by atoms with Gasteiger partial charge in [-0.2, -0.15) is 0 Å². The summed E-state index contributed by atoms with van der Waals surface area (Å²) in [6.07, 6.45) is 1.41. The lowest BCUT2D eigenvalue weighted by molar-refractivity contribution is 0.290. The molecular weight excluding hydrogens is 122 g/mol. The van der Waals surface area contributed by atoms with E-state index in [1.165, 1.54) is 26.1 Å². The summed E-state index contributed by atoms with van der Waals surface area (Å²) >= 11 is 0. The second-order valence-corrected chi connectivity index (χ2v) is 4.05. The van der Waals surface area contributed by atoms with Gasteiger partial charge in [0.15, 0.2) is 0 Å². The van der Waals surface area contributed by atoms with Gasteiger partial charge in [-0.15, -0.1) is 0 Å². The highest BCUT2D eigenvalue weighted by Crippen LogP contribution is 2.15. The summed E-state index contributed by atoms with van der Waals surface area (Å²) in [5, 5.41) is 0. The zero-order valence-electron chi connectivity index (χ0n) is 7.43. The molecule has 0 bridgehead atoms. The average molecular weight is 141 g/mol. The quantitative estimate of drug-likeness (QED) is 0.568. The first-order valence-electron chi connectivity index (χ1n) is 4.41. The van der Waals surface area contributed by atoms with Crippen molar-refractivity contribution >= 4 is 0 Å². The van der Waals surface area contributed by atoms with Gasteiger partial charge in [0, 0.05) is 13.1 Å². The molecule has 0 N–H and O–H groups in total. The van der Waals surface area contributed by atoms with Gasteiger partial charge in [-0.05, 0) is 24.8 Å². The second-order valence-electron chi connectivity index (χ2n) is 4.05. The Morgan fingerprint density at radius 3 is 2.60 bits per heavy atom. The van der Waals surface area contributed by atoms with Crippen LogP contribution in [0.5, 0.6) is 0 Å². The lowest BCUT2D eigenvalue weighted by atomic mass is 10.2. The molecule has 0 amide bonds. The Balaban J connectivity index is 2.18. The maximum absolute atomic E-state index is 2.58. The fraction of sp³-hybridized carbons (Fsp3) is 1.00. The molecule has 10 heavy (non-hydrogen) atoms. The van der Waals surface area contributed by atoms with Crippen molar-refractivity contribution in [2.24, 2.45) is 11.8 Å². The molecule has 1 saturated heterocycles. The van der Waals surface area contributed by atoms with Crippen molar-refractivity contribution in [1.29, 1.82) is 0 Å². The lowest BCUT2D eigenvalue weighted by Crippen LogP contribution is -2.24. The van der Waals surface area contributed by atoms with Gasteiger partial charge in [-0.3, -0.25) is 0 Å². The van der Waals surface area contributed by atoms with Crippen molar-refractivity contribution in [2.45, 2.75) is 27.2 Å². The van der Waals surface area contributed by atoms with E-state index in [-0.39, 0.29) is 0 Å². The normalized spacial score (nSPS) is 28.2. The summed E-state index contributed by atoms with van der Waals surface area (Å²) in [4.78, 5) is 2.58. The van der Waals surface area contributed by atoms with E-state index in [1.807, 2.05) is 0 Å². The molecule has 1 heterocycles. The van der Waals surface area contributed by atoms with Crippen LogP contribution < -0.4 is 0 Å². The molecule has 0 radical (unpaired) electrons. The third-order valence-electron chi connectivity index (χ3n) is 2.13. The van der Waals surface area contributed by atoms with Crippen molar-refractivity contribution in [3.05, 3.63) is 0 Å². The molecule has 0 aliphatic carbocycles. The third-order valence-corrected chi connectivity index (χ3v) is 2.13. The number of rotatable bonds is 2. The number of likely N-dealkylation sites (tertiary alicyclic amines) is 1. The van der Waals surface area contributed by atoms with Gasteiger partial charge < -0.3 is 4.90 Å². The average Bonchev–Trinajstić information content (AvgIpc) is 2.13. The van der Waals surface area contributed by atoms with Crippen molar-refractivity contribution in [2.75, 3.05) is 19.6 Å². The summed E-state index contributed by atoms with van der Waals surface area (Å²) in [7, 11) is 0. The highest BCUT2D eigenvalue weighted by molar-refractivity contribution is 4.72. The SMILES string of the molecule is CC(C)CN1CCC(C)C1. The van der Waals surface area contributed by atoms with E-state index in [1.54, 1.807) is 0 Å². The first kappa shape index (κ1) is 8.06. The van der Waals surface area contributed by atoms with E-state index in [4.69, 9.17) is 0 Å². The summed E-state index contributed by atoms with van der Waals surface area (Å²) in [6.45, 7) is 10.9. The van der Waals surface area contributed by atoms with Crippen LogP contribution in [0, 0.1) is 11.8 Å². The third kappa shape index (κ3) is 2.30. The van der Waals surface area contributed by atoms with Crippen molar-refractivity contribution in [3.8, 4) is 0 Å². The van der Waals surface area contributed by atoms with Crippen LogP contribution in [0.2, 0.25) is 0 Å². The van der Waals surface area contributed by atoms with Crippen LogP contribution in [0.15, 0.2) is 0 Å². The molecule has 1 nitrogen and oxygen atoms in total. The fourth-order valence-electron chi connectivity index (χ4n) is 1.71. The van der Waals surface area contributed by atoms with Crippen LogP contribution in [-0.2, 0) is 0 Å². The largest absolute Gasteiger partial charge is 0.303 e. The lowest BCUT2D eigenvalue weighted by Gasteiger charge is -2.17. The van der Waals surface area contributed by atoms with E-state index in [0.29, 0.717) is 0 Å². The molecular formula is C9H19N. The summed E-state index contributed by atoms with van der Waals surface area (Å²) in [5.41, 5.74) is 0. The van der Waals surface area contributed by atoms with Crippen LogP contribution >= 0.6 is 0 Å². The molecule has 1 fully saturated rings. The predicted molar refractivity (Wildman–Crippen MR) is 45.1 cm³/mol. The topological polar surface area (TPSA) is 3.24 Å². The van der Waals surface area contributed by atoms with Crippen molar-refractivity contribution in [1.82, 2.24) is 4.90 Å². The van der Waals surface area contributed by atoms with Crippen LogP contribution in [0.1, 0.15) is 27.2 Å². The maximum Gasteiger partial charge on any atom is 0.000761 e. The first-order valence-corrected chi connectivity index (χ1v) is 4.41. The van der Waals surface area contributed by atoms with Crippen molar-refractivity contribution < 1.29 is 0 Å². The summed E-state index contributed by atoms with van der Waals surface area (Å²) in [6, 6.07) is 0. The molecule has 60 valence electrons. The van der Waals surface area contributed by atoms with E-state index < -0.39 is 0 Å². The molecule has 1 aliphatic rings. The van der Waals surface area contributed by atoms with E-state index in [9.17, 15) is 0 Å². The van der Waals surface area contributed by atoms with E-state index >= 15 is 0 Å². The summed E-state index contributed by atoms with van der Waals surface area (Å²) in [5.74, 6) is 1.78. The molecule has 1 aliphatic heterocycles. The van der Waals surface area contributed by atoms with Gasteiger partial charge in [-0.1, -0.05) is 20.8 Å². The van der Waals surface area contributed by atoms with Gasteiger partial charge in [-0.25, -0.2) is 0 Å². The van der Waals surface area contributed by atoms with Gasteiger partial charge >= 0.3 is 0 Å². The Morgan fingerprint density at radius 1 is 1.50 bits per heavy atom. The monoisotopic (exact) mass is 141 g/mol. The number of nitrogens with zero attached hydrogens (tertiary/aromatic N) is 1. The van der Waals surface area contributed by atoms with Gasteiger partial charge in [0.25, 0.3) is 0 Å². The molecule has 1 atom stereocenters. The number of hydrogen-bond donors (Lipinski definition) is 0. The molecule has 0 aromatic heterocycles. The van der Waals surface area contributed by atoms with Gasteiger partial charge in [0.05, 0.1) is 0 Å². The predicted octanol–water partition coefficient (Wildman–Crippen LogP) is 1.98. The van der Waals surface area contributed by atoms with Crippen LogP contribution in [0.4, 0.5) is 0 Å². The highest BCUT2D eigenvalue weighted by atomic mass is 15.1. The highest BCUT2D eigenvalue weighted by Gasteiger charge is 2.18. The molecule has 0 aromatic rings. The Hall–Kier alpha value is -0.0400. The fourth-order valence-corrected chi connectivity index (χ4v) is 1.71. The zero-order chi connectivity index (χ0) is 7.56. The Morgan fingerprint density at radius 2 is 2.20 bits per heavy atom. The smallest absolute Gasteiger partial charge is 0.000761 e. The van der Waals surface area contributed by atoms with Gasteiger partial charge in [0.2, 0.25) is 0 Å². The maximum atomic E-state index is 2.58. The minimum Gasteiger partial charge on any atom is -0.303 e. The minimum absolute atomic E-state index is 0.838. The molecule has 0 spiro atoms. The Labute approximate surface area is 64.4 Å². The second kappa shape index (κ2) is 3.38. The van der Waals surface area contributed by atoms with E-state index in [2.05, 4.69) is 25.7 Å². The first-order chi connectivity index (χ1) is 4.68. The minimum atomic E-state index is 0.838. The van der Waals surface area contributed by atoms with Crippen LogP contribution in [0.25, 0.3) is 0 Å². The molecule has 1 unspecified atom stereocenters. The molecule has 0 aromatic carbocycles. The number of hydrogen-bond acceptors (Lipinski definition) is 1. The summed E-state index contributed by atoms with van der Waals surface area (Å²) < 4.78 is 0. The van der Waals surface area contributed by atoms with E-state index in [0.717, 1.165) is 11.8 Å². The molecule has 1 rings (SSSR count). The Kier molecular flexibility index (Phi) is 2.72. The van der Waals surface area contributed by atoms with Crippen molar-refractivity contribution in [3.63, 3.8) is 0 Å². The zero-order valence-corrected chi connectivity index (χ0v) is 7.43. The van der Waals surface area contributed by atoms with Gasteiger partial charge in [0.1, 0.15) is 0 Å². The standard InChI is InChI=1S/C9H19N/c1-8(2)6-10-5-4-9(3)7-10/h8-9H,4-7H2,1-3H3. The van der Waals surface area contributed by atoms with Crippen LogP contribution in [0.3, 0.4) is 0 Å². The molecule has 0 saturated carbocycles. The Bertz CT molecular complexity index is 98.9. The van der Waals surface area contributed by atoms with Crippen LogP contribution in [-0.4, -0.2) is 24.5 Å².